The van der Waals surface area contributed by atoms with Gasteiger partial charge in [-0.3, -0.25) is 9.69 Å². The van der Waals surface area contributed by atoms with E-state index < -0.39 is 5.41 Å². The first kappa shape index (κ1) is 17.0. The first-order valence-corrected chi connectivity index (χ1v) is 8.30. The molecular weight excluding hydrogens is 274 g/mol. The molecule has 0 aromatic heterocycles. The molecule has 1 amide bonds. The van der Waals surface area contributed by atoms with Gasteiger partial charge in [-0.15, -0.1) is 0 Å². The Morgan fingerprint density at radius 3 is 2.32 bits per heavy atom. The molecule has 2 rings (SSSR count). The highest BCUT2D eigenvalue weighted by Gasteiger charge is 2.25. The van der Waals surface area contributed by atoms with Gasteiger partial charge < -0.3 is 11.1 Å². The van der Waals surface area contributed by atoms with Gasteiger partial charge in [0.2, 0.25) is 5.91 Å². The third kappa shape index (κ3) is 4.82. The van der Waals surface area contributed by atoms with Crippen LogP contribution in [-0.2, 0) is 17.9 Å². The summed E-state index contributed by atoms with van der Waals surface area (Å²) in [5.41, 5.74) is 7.59. The average Bonchev–Trinajstić information content (AvgIpc) is 2.55. The smallest absolute Gasteiger partial charge is 0.227 e. The fourth-order valence-corrected chi connectivity index (χ4v) is 2.65. The summed E-state index contributed by atoms with van der Waals surface area (Å²) >= 11 is 0. The molecule has 1 fully saturated rings. The summed E-state index contributed by atoms with van der Waals surface area (Å²) in [5.74, 6) is 0.00685. The standard InChI is InChI=1S/C18H29N3O/c1-18(2,14-19)17(22)20-12-15-6-8-16(9-7-15)13-21-10-4-3-5-11-21/h6-9H,3-5,10-14,19H2,1-2H3,(H,20,22). The van der Waals surface area contributed by atoms with Gasteiger partial charge in [-0.25, -0.2) is 0 Å². The molecule has 4 nitrogen and oxygen atoms in total. The van der Waals surface area contributed by atoms with E-state index in [0.29, 0.717) is 13.1 Å². The van der Waals surface area contributed by atoms with Crippen LogP contribution in [0.25, 0.3) is 0 Å². The van der Waals surface area contributed by atoms with Crippen molar-refractivity contribution in [3.05, 3.63) is 35.4 Å². The summed E-state index contributed by atoms with van der Waals surface area (Å²) in [5, 5.41) is 2.96. The van der Waals surface area contributed by atoms with E-state index in [0.717, 1.165) is 12.1 Å². The number of hydrogen-bond donors (Lipinski definition) is 2. The van der Waals surface area contributed by atoms with Crippen molar-refractivity contribution in [1.82, 2.24) is 10.2 Å². The maximum absolute atomic E-state index is 12.0. The van der Waals surface area contributed by atoms with Gasteiger partial charge in [0.25, 0.3) is 0 Å². The fourth-order valence-electron chi connectivity index (χ4n) is 2.65. The quantitative estimate of drug-likeness (QED) is 0.847. The van der Waals surface area contributed by atoms with E-state index in [1.165, 1.54) is 37.9 Å². The second kappa shape index (κ2) is 7.75. The van der Waals surface area contributed by atoms with Crippen LogP contribution in [0.5, 0.6) is 0 Å². The molecule has 0 unspecified atom stereocenters. The Balaban J connectivity index is 1.82. The molecule has 1 aromatic rings. The van der Waals surface area contributed by atoms with E-state index in [2.05, 4.69) is 34.5 Å². The summed E-state index contributed by atoms with van der Waals surface area (Å²) in [6, 6.07) is 8.55. The lowest BCUT2D eigenvalue weighted by molar-refractivity contribution is -0.129. The lowest BCUT2D eigenvalue weighted by atomic mass is 9.92. The van der Waals surface area contributed by atoms with Crippen LogP contribution >= 0.6 is 0 Å². The Kier molecular flexibility index (Phi) is 5.98. The van der Waals surface area contributed by atoms with Crippen LogP contribution in [0.2, 0.25) is 0 Å². The highest BCUT2D eigenvalue weighted by Crippen LogP contribution is 2.15. The Hall–Kier alpha value is -1.39. The monoisotopic (exact) mass is 303 g/mol. The van der Waals surface area contributed by atoms with Crippen molar-refractivity contribution in [3.63, 3.8) is 0 Å². The van der Waals surface area contributed by atoms with Crippen LogP contribution in [0.3, 0.4) is 0 Å². The van der Waals surface area contributed by atoms with Gasteiger partial charge in [0, 0.05) is 19.6 Å². The molecule has 1 saturated heterocycles. The molecule has 22 heavy (non-hydrogen) atoms. The molecule has 0 atom stereocenters. The molecule has 3 N–H and O–H groups in total. The number of carbonyl (C=O) groups excluding carboxylic acids is 1. The van der Waals surface area contributed by atoms with Gasteiger partial charge >= 0.3 is 0 Å². The van der Waals surface area contributed by atoms with Crippen LogP contribution in [0.15, 0.2) is 24.3 Å². The number of rotatable bonds is 6. The zero-order valence-corrected chi connectivity index (χ0v) is 13.9. The van der Waals surface area contributed by atoms with Crippen molar-refractivity contribution in [3.8, 4) is 0 Å². The summed E-state index contributed by atoms with van der Waals surface area (Å²) in [6.45, 7) is 8.11. The Morgan fingerprint density at radius 1 is 1.14 bits per heavy atom. The minimum atomic E-state index is -0.506. The summed E-state index contributed by atoms with van der Waals surface area (Å²) in [4.78, 5) is 14.5. The maximum Gasteiger partial charge on any atom is 0.227 e. The van der Waals surface area contributed by atoms with E-state index in [4.69, 9.17) is 5.73 Å². The SMILES string of the molecule is CC(C)(CN)C(=O)NCc1ccc(CN2CCCCC2)cc1. The van der Waals surface area contributed by atoms with Crippen LogP contribution in [0.1, 0.15) is 44.2 Å². The Bertz CT molecular complexity index is 476. The normalized spacial score (nSPS) is 16.5. The lowest BCUT2D eigenvalue weighted by Gasteiger charge is -2.26. The number of piperidine rings is 1. The second-order valence-electron chi connectivity index (χ2n) is 6.92. The molecule has 0 aliphatic carbocycles. The van der Waals surface area contributed by atoms with Gasteiger partial charge in [0.1, 0.15) is 0 Å². The van der Waals surface area contributed by atoms with Crippen LogP contribution < -0.4 is 11.1 Å². The second-order valence-corrected chi connectivity index (χ2v) is 6.92. The van der Waals surface area contributed by atoms with Crippen molar-refractivity contribution in [2.45, 2.75) is 46.2 Å². The minimum Gasteiger partial charge on any atom is -0.352 e. The highest BCUT2D eigenvalue weighted by atomic mass is 16.2. The van der Waals surface area contributed by atoms with Gasteiger partial charge in [-0.2, -0.15) is 0 Å². The van der Waals surface area contributed by atoms with E-state index in [-0.39, 0.29) is 5.91 Å². The first-order chi connectivity index (χ1) is 10.5. The molecule has 0 bridgehead atoms. The van der Waals surface area contributed by atoms with Crippen molar-refractivity contribution >= 4 is 5.91 Å². The molecule has 1 heterocycles. The topological polar surface area (TPSA) is 58.4 Å². The maximum atomic E-state index is 12.0. The molecule has 0 saturated carbocycles. The predicted octanol–water partition coefficient (Wildman–Crippen LogP) is 2.27. The number of carbonyl (C=O) groups is 1. The van der Waals surface area contributed by atoms with E-state index >= 15 is 0 Å². The van der Waals surface area contributed by atoms with E-state index in [9.17, 15) is 4.79 Å². The molecule has 1 aliphatic rings. The van der Waals surface area contributed by atoms with Crippen LogP contribution in [-0.4, -0.2) is 30.4 Å². The zero-order chi connectivity index (χ0) is 16.0. The number of amides is 1. The number of nitrogens with one attached hydrogen (secondary N) is 1. The van der Waals surface area contributed by atoms with Gasteiger partial charge in [-0.05, 0) is 50.9 Å². The Morgan fingerprint density at radius 2 is 1.73 bits per heavy atom. The van der Waals surface area contributed by atoms with Crippen molar-refractivity contribution in [1.29, 1.82) is 0 Å². The average molecular weight is 303 g/mol. The number of benzene rings is 1. The molecule has 0 spiro atoms. The lowest BCUT2D eigenvalue weighted by Crippen LogP contribution is -2.41. The van der Waals surface area contributed by atoms with Crippen molar-refractivity contribution in [2.75, 3.05) is 19.6 Å². The number of nitrogens with two attached hydrogens (primary N) is 1. The predicted molar refractivity (Wildman–Crippen MR) is 90.3 cm³/mol. The summed E-state index contributed by atoms with van der Waals surface area (Å²) < 4.78 is 0. The van der Waals surface area contributed by atoms with Crippen LogP contribution in [0, 0.1) is 5.41 Å². The number of likely N-dealkylation sites (tertiary alicyclic amines) is 1. The van der Waals surface area contributed by atoms with E-state index in [1.54, 1.807) is 0 Å². The number of nitrogens with zero attached hydrogens (tertiary/aromatic N) is 1. The van der Waals surface area contributed by atoms with Crippen molar-refractivity contribution in [2.24, 2.45) is 11.1 Å². The van der Waals surface area contributed by atoms with Crippen LogP contribution in [0.4, 0.5) is 0 Å². The molecule has 0 radical (unpaired) electrons. The van der Waals surface area contributed by atoms with E-state index in [1.807, 2.05) is 13.8 Å². The van der Waals surface area contributed by atoms with Gasteiger partial charge in [0.05, 0.1) is 5.41 Å². The minimum absolute atomic E-state index is 0.00685. The van der Waals surface area contributed by atoms with Crippen molar-refractivity contribution < 1.29 is 4.79 Å². The highest BCUT2D eigenvalue weighted by molar-refractivity contribution is 5.81. The molecular formula is C18H29N3O. The molecule has 1 aliphatic heterocycles. The summed E-state index contributed by atoms with van der Waals surface area (Å²) in [6.07, 6.45) is 4.01. The summed E-state index contributed by atoms with van der Waals surface area (Å²) in [7, 11) is 0. The molecule has 4 heteroatoms. The third-order valence-electron chi connectivity index (χ3n) is 4.46. The third-order valence-corrected chi connectivity index (χ3v) is 4.46. The number of hydrogen-bond acceptors (Lipinski definition) is 3. The molecule has 122 valence electrons. The molecule has 1 aromatic carbocycles. The largest absolute Gasteiger partial charge is 0.352 e. The zero-order valence-electron chi connectivity index (χ0n) is 13.9. The Labute approximate surface area is 134 Å². The first-order valence-electron chi connectivity index (χ1n) is 8.30. The van der Waals surface area contributed by atoms with Gasteiger partial charge in [0.15, 0.2) is 0 Å². The van der Waals surface area contributed by atoms with Gasteiger partial charge in [-0.1, -0.05) is 30.7 Å². The fraction of sp³-hybridized carbons (Fsp3) is 0.611.